The van der Waals surface area contributed by atoms with E-state index in [1.54, 1.807) is 34.9 Å². The number of benzene rings is 2. The van der Waals surface area contributed by atoms with Gasteiger partial charge in [-0.1, -0.05) is 29.8 Å². The molecule has 1 heterocycles. The molecule has 0 unspecified atom stereocenters. The molecule has 3 rings (SSSR count). The maximum atomic E-state index is 13.5. The SMILES string of the molecule is C=CCCNCc1nnc(CN(C)C)n1-c1ccc([N+](=O)[O-])cc1C(=O)c1ccccc1Cl. The van der Waals surface area contributed by atoms with Gasteiger partial charge in [-0.3, -0.25) is 19.5 Å². The quantitative estimate of drug-likeness (QED) is 0.150. The number of hydrogen-bond donors (Lipinski definition) is 1. The van der Waals surface area contributed by atoms with Gasteiger partial charge in [-0.15, -0.1) is 16.8 Å². The van der Waals surface area contributed by atoms with E-state index in [-0.39, 0.29) is 21.8 Å². The lowest BCUT2D eigenvalue weighted by Crippen LogP contribution is -2.21. The molecule has 0 spiro atoms. The molecule has 33 heavy (non-hydrogen) atoms. The maximum absolute atomic E-state index is 13.5. The predicted molar refractivity (Wildman–Crippen MR) is 127 cm³/mol. The molecule has 0 aliphatic heterocycles. The number of hydrogen-bond acceptors (Lipinski definition) is 7. The first-order chi connectivity index (χ1) is 15.8. The van der Waals surface area contributed by atoms with Crippen LogP contribution in [0.4, 0.5) is 5.69 Å². The third-order valence-electron chi connectivity index (χ3n) is 4.86. The second kappa shape index (κ2) is 11.0. The molecule has 10 heteroatoms. The van der Waals surface area contributed by atoms with Gasteiger partial charge < -0.3 is 10.2 Å². The van der Waals surface area contributed by atoms with Gasteiger partial charge in [-0.25, -0.2) is 0 Å². The molecule has 0 bridgehead atoms. The van der Waals surface area contributed by atoms with Crippen molar-refractivity contribution >= 4 is 23.1 Å². The van der Waals surface area contributed by atoms with Gasteiger partial charge in [-0.05, 0) is 45.3 Å². The smallest absolute Gasteiger partial charge is 0.270 e. The van der Waals surface area contributed by atoms with E-state index in [4.69, 9.17) is 11.6 Å². The molecule has 0 saturated heterocycles. The van der Waals surface area contributed by atoms with E-state index < -0.39 is 10.7 Å². The number of ketones is 1. The molecule has 9 nitrogen and oxygen atoms in total. The molecule has 172 valence electrons. The number of carbonyl (C=O) groups excluding carboxylic acids is 1. The van der Waals surface area contributed by atoms with Crippen LogP contribution in [-0.2, 0) is 13.1 Å². The van der Waals surface area contributed by atoms with E-state index in [1.165, 1.54) is 12.1 Å². The monoisotopic (exact) mass is 468 g/mol. The van der Waals surface area contributed by atoms with E-state index in [1.807, 2.05) is 25.1 Å². The Bertz CT molecular complexity index is 1170. The van der Waals surface area contributed by atoms with Gasteiger partial charge in [-0.2, -0.15) is 0 Å². The van der Waals surface area contributed by atoms with E-state index in [0.717, 1.165) is 6.42 Å². The van der Waals surface area contributed by atoms with Crippen LogP contribution >= 0.6 is 11.6 Å². The van der Waals surface area contributed by atoms with Crippen molar-refractivity contribution in [3.63, 3.8) is 0 Å². The van der Waals surface area contributed by atoms with Crippen LogP contribution in [0, 0.1) is 10.1 Å². The zero-order valence-corrected chi connectivity index (χ0v) is 19.2. The minimum absolute atomic E-state index is 0.143. The fourth-order valence-corrected chi connectivity index (χ4v) is 3.56. The number of rotatable bonds is 11. The third kappa shape index (κ3) is 5.70. The first kappa shape index (κ1) is 24.2. The van der Waals surface area contributed by atoms with Gasteiger partial charge >= 0.3 is 0 Å². The summed E-state index contributed by atoms with van der Waals surface area (Å²) in [5.41, 5.74) is 0.660. The molecule has 0 amide bonds. The summed E-state index contributed by atoms with van der Waals surface area (Å²) in [7, 11) is 3.79. The van der Waals surface area contributed by atoms with E-state index >= 15 is 0 Å². The normalized spacial score (nSPS) is 11.0. The molecule has 1 aromatic heterocycles. The van der Waals surface area contributed by atoms with Gasteiger partial charge in [0, 0.05) is 17.7 Å². The summed E-state index contributed by atoms with van der Waals surface area (Å²) < 4.78 is 1.77. The maximum Gasteiger partial charge on any atom is 0.270 e. The summed E-state index contributed by atoms with van der Waals surface area (Å²) in [5.74, 6) is 0.759. The van der Waals surface area contributed by atoms with Crippen molar-refractivity contribution in [2.24, 2.45) is 0 Å². The van der Waals surface area contributed by atoms with E-state index in [2.05, 4.69) is 22.1 Å². The van der Waals surface area contributed by atoms with Crippen molar-refractivity contribution in [3.8, 4) is 5.69 Å². The van der Waals surface area contributed by atoms with Crippen LogP contribution in [0.25, 0.3) is 5.69 Å². The van der Waals surface area contributed by atoms with Gasteiger partial charge in [0.2, 0.25) is 0 Å². The number of halogens is 1. The molecule has 0 aliphatic carbocycles. The number of aromatic nitrogens is 3. The fraction of sp³-hybridized carbons (Fsp3) is 0.261. The Balaban J connectivity index is 2.17. The molecule has 0 fully saturated rings. The first-order valence-electron chi connectivity index (χ1n) is 10.3. The topological polar surface area (TPSA) is 106 Å². The second-order valence-corrected chi connectivity index (χ2v) is 8.03. The van der Waals surface area contributed by atoms with Gasteiger partial charge in [0.15, 0.2) is 17.4 Å². The Morgan fingerprint density at radius 3 is 2.61 bits per heavy atom. The highest BCUT2D eigenvalue weighted by molar-refractivity contribution is 6.35. The van der Waals surface area contributed by atoms with Crippen molar-refractivity contribution in [2.45, 2.75) is 19.5 Å². The van der Waals surface area contributed by atoms with Gasteiger partial charge in [0.1, 0.15) is 0 Å². The molecule has 0 aliphatic rings. The molecule has 0 atom stereocenters. The minimum Gasteiger partial charge on any atom is -0.310 e. The van der Waals surface area contributed by atoms with Gasteiger partial charge in [0.25, 0.3) is 5.69 Å². The molecule has 0 saturated carbocycles. The summed E-state index contributed by atoms with van der Waals surface area (Å²) in [6.07, 6.45) is 2.60. The Hall–Kier alpha value is -3.40. The summed E-state index contributed by atoms with van der Waals surface area (Å²) in [6, 6.07) is 10.8. The van der Waals surface area contributed by atoms with Crippen molar-refractivity contribution in [1.29, 1.82) is 0 Å². The summed E-state index contributed by atoms with van der Waals surface area (Å²) in [4.78, 5) is 26.4. The number of carbonyl (C=O) groups is 1. The Kier molecular flexibility index (Phi) is 8.05. The van der Waals surface area contributed by atoms with E-state index in [9.17, 15) is 14.9 Å². The van der Waals surface area contributed by atoms with Crippen LogP contribution in [0.1, 0.15) is 34.0 Å². The van der Waals surface area contributed by atoms with Crippen LogP contribution in [-0.4, -0.2) is 51.0 Å². The van der Waals surface area contributed by atoms with Crippen LogP contribution in [0.2, 0.25) is 5.02 Å². The van der Waals surface area contributed by atoms with Crippen molar-refractivity contribution in [2.75, 3.05) is 20.6 Å². The molecular formula is C23H25ClN6O3. The Morgan fingerprint density at radius 1 is 1.21 bits per heavy atom. The minimum atomic E-state index is -0.530. The first-order valence-corrected chi connectivity index (χ1v) is 10.7. The average Bonchev–Trinajstić information content (AvgIpc) is 3.17. The average molecular weight is 469 g/mol. The molecule has 1 N–H and O–H groups in total. The zero-order valence-electron chi connectivity index (χ0n) is 18.5. The number of nitro groups is 1. The molecule has 0 radical (unpaired) electrons. The number of non-ortho nitro benzene ring substituents is 1. The molecular weight excluding hydrogens is 444 g/mol. The fourth-order valence-electron chi connectivity index (χ4n) is 3.34. The van der Waals surface area contributed by atoms with Crippen LogP contribution in [0.5, 0.6) is 0 Å². The lowest BCUT2D eigenvalue weighted by Gasteiger charge is -2.17. The Morgan fingerprint density at radius 2 is 1.94 bits per heavy atom. The predicted octanol–water partition coefficient (Wildman–Crippen LogP) is 3.79. The van der Waals surface area contributed by atoms with E-state index in [0.29, 0.717) is 37.0 Å². The number of nitro benzene ring substituents is 1. The lowest BCUT2D eigenvalue weighted by molar-refractivity contribution is -0.384. The van der Waals surface area contributed by atoms with Crippen molar-refractivity contribution in [3.05, 3.63) is 93.0 Å². The lowest BCUT2D eigenvalue weighted by atomic mass is 10.0. The summed E-state index contributed by atoms with van der Waals surface area (Å²) in [6.45, 7) is 5.26. The van der Waals surface area contributed by atoms with Crippen molar-refractivity contribution < 1.29 is 9.72 Å². The zero-order chi connectivity index (χ0) is 24.0. The third-order valence-corrected chi connectivity index (χ3v) is 5.19. The highest BCUT2D eigenvalue weighted by Crippen LogP contribution is 2.28. The second-order valence-electron chi connectivity index (χ2n) is 7.63. The summed E-state index contributed by atoms with van der Waals surface area (Å²) in [5, 5.41) is 23.7. The van der Waals surface area contributed by atoms with Gasteiger partial charge in [0.05, 0.1) is 34.3 Å². The standard InChI is InChI=1S/C23H25ClN6O3/c1-4-5-12-25-14-21-26-27-22(15-28(2)3)29(21)20-11-10-16(30(32)33)13-18(20)23(31)17-8-6-7-9-19(17)24/h4,6-11,13,25H,1,5,12,14-15H2,2-3H3. The highest BCUT2D eigenvalue weighted by Gasteiger charge is 2.24. The molecule has 2 aromatic carbocycles. The largest absolute Gasteiger partial charge is 0.310 e. The van der Waals surface area contributed by atoms with Crippen LogP contribution in [0.3, 0.4) is 0 Å². The summed E-state index contributed by atoms with van der Waals surface area (Å²) >= 11 is 6.27. The van der Waals surface area contributed by atoms with Crippen LogP contribution < -0.4 is 5.32 Å². The van der Waals surface area contributed by atoms with Crippen LogP contribution in [0.15, 0.2) is 55.1 Å². The molecule has 3 aromatic rings. The van der Waals surface area contributed by atoms with Crippen molar-refractivity contribution in [1.82, 2.24) is 25.0 Å². The highest BCUT2D eigenvalue weighted by atomic mass is 35.5. The number of nitrogens with zero attached hydrogens (tertiary/aromatic N) is 5. The number of nitrogens with one attached hydrogen (secondary N) is 1. The Labute approximate surface area is 196 Å².